The Morgan fingerprint density at radius 1 is 1.56 bits per heavy atom. The molecule has 1 aromatic heterocycles. The minimum Gasteiger partial charge on any atom is -0.477 e. The van der Waals surface area contributed by atoms with E-state index in [0.29, 0.717) is 6.54 Å². The zero-order valence-corrected chi connectivity index (χ0v) is 10.9. The third-order valence-electron chi connectivity index (χ3n) is 2.31. The zero-order chi connectivity index (χ0) is 13.9. The van der Waals surface area contributed by atoms with Crippen LogP contribution in [0.2, 0.25) is 0 Å². The molecule has 8 heteroatoms. The molecule has 7 nitrogen and oxygen atoms in total. The average Bonchev–Trinajstić information content (AvgIpc) is 2.71. The third kappa shape index (κ3) is 3.31. The van der Waals surface area contributed by atoms with Crippen LogP contribution in [0.1, 0.15) is 24.3 Å². The number of carboxylic acid groups (broad SMARTS) is 1. The number of aliphatic hydroxyl groups excluding tert-OH is 1. The molecule has 0 unspecified atom stereocenters. The summed E-state index contributed by atoms with van der Waals surface area (Å²) < 4.78 is 27.2. The van der Waals surface area contributed by atoms with Gasteiger partial charge in [-0.25, -0.2) is 17.9 Å². The molecular weight excluding hydrogens is 260 g/mol. The molecule has 0 saturated heterocycles. The van der Waals surface area contributed by atoms with Gasteiger partial charge in [0.1, 0.15) is 10.6 Å². The second-order valence-electron chi connectivity index (χ2n) is 3.85. The maximum absolute atomic E-state index is 11.8. The van der Waals surface area contributed by atoms with Crippen molar-refractivity contribution in [2.75, 3.05) is 6.54 Å². The molecule has 0 fully saturated rings. The van der Waals surface area contributed by atoms with E-state index in [1.807, 2.05) is 0 Å². The molecule has 1 aromatic rings. The molecule has 18 heavy (non-hydrogen) atoms. The number of rotatable bonds is 6. The summed E-state index contributed by atoms with van der Waals surface area (Å²) in [6.07, 6.45) is 0.445. The molecular formula is C10H16N2O5S. The fourth-order valence-electron chi connectivity index (χ4n) is 1.38. The second kappa shape index (κ2) is 5.51. The van der Waals surface area contributed by atoms with E-state index in [1.54, 1.807) is 6.92 Å². The summed E-state index contributed by atoms with van der Waals surface area (Å²) in [7, 11) is -3.79. The van der Waals surface area contributed by atoms with Crippen LogP contribution in [-0.2, 0) is 16.6 Å². The van der Waals surface area contributed by atoms with E-state index in [-0.39, 0.29) is 17.1 Å². The Morgan fingerprint density at radius 3 is 2.56 bits per heavy atom. The van der Waals surface area contributed by atoms with E-state index in [1.165, 1.54) is 17.7 Å². The molecule has 0 saturated carbocycles. The summed E-state index contributed by atoms with van der Waals surface area (Å²) in [6.45, 7) is 3.39. The standard InChI is InChI=1S/C10H16N2O5S/c1-3-12-6-8(4-9(12)10(14)15)18(16,17)11-5-7(2)13/h4,6-7,11,13H,3,5H2,1-2H3,(H,14,15)/t7-/m0/s1. The van der Waals surface area contributed by atoms with Gasteiger partial charge in [0.2, 0.25) is 10.0 Å². The maximum Gasteiger partial charge on any atom is 0.352 e. The van der Waals surface area contributed by atoms with Crippen molar-refractivity contribution < 1.29 is 23.4 Å². The zero-order valence-electron chi connectivity index (χ0n) is 10.1. The highest BCUT2D eigenvalue weighted by molar-refractivity contribution is 7.89. The van der Waals surface area contributed by atoms with Crippen molar-refractivity contribution in [3.8, 4) is 0 Å². The first-order valence-corrected chi connectivity index (χ1v) is 6.87. The first-order valence-electron chi connectivity index (χ1n) is 5.39. The van der Waals surface area contributed by atoms with E-state index >= 15 is 0 Å². The second-order valence-corrected chi connectivity index (χ2v) is 5.62. The van der Waals surface area contributed by atoms with Crippen molar-refractivity contribution >= 4 is 16.0 Å². The fourth-order valence-corrected chi connectivity index (χ4v) is 2.54. The summed E-state index contributed by atoms with van der Waals surface area (Å²) >= 11 is 0. The number of aliphatic hydroxyl groups is 1. The Hall–Kier alpha value is -1.38. The summed E-state index contributed by atoms with van der Waals surface area (Å²) in [5.74, 6) is -1.19. The molecule has 0 aromatic carbocycles. The number of nitrogens with one attached hydrogen (secondary N) is 1. The smallest absolute Gasteiger partial charge is 0.352 e. The van der Waals surface area contributed by atoms with Crippen LogP contribution in [0.4, 0.5) is 0 Å². The van der Waals surface area contributed by atoms with Gasteiger partial charge in [-0.3, -0.25) is 0 Å². The molecule has 1 heterocycles. The summed E-state index contributed by atoms with van der Waals surface area (Å²) in [4.78, 5) is 10.8. The number of sulfonamides is 1. The molecule has 3 N–H and O–H groups in total. The third-order valence-corrected chi connectivity index (χ3v) is 3.70. The molecule has 1 atom stereocenters. The molecule has 0 radical (unpaired) electrons. The van der Waals surface area contributed by atoms with Crippen molar-refractivity contribution in [3.05, 3.63) is 18.0 Å². The van der Waals surface area contributed by atoms with Crippen LogP contribution in [0.5, 0.6) is 0 Å². The van der Waals surface area contributed by atoms with Gasteiger partial charge in [0, 0.05) is 19.3 Å². The number of hydrogen-bond donors (Lipinski definition) is 3. The van der Waals surface area contributed by atoms with E-state index in [9.17, 15) is 13.2 Å². The lowest BCUT2D eigenvalue weighted by molar-refractivity contribution is 0.0685. The van der Waals surface area contributed by atoms with Crippen LogP contribution < -0.4 is 4.72 Å². The van der Waals surface area contributed by atoms with Gasteiger partial charge in [0.05, 0.1) is 6.10 Å². The summed E-state index contributed by atoms with van der Waals surface area (Å²) in [5, 5.41) is 17.9. The highest BCUT2D eigenvalue weighted by Crippen LogP contribution is 2.14. The lowest BCUT2D eigenvalue weighted by Gasteiger charge is -2.06. The van der Waals surface area contributed by atoms with Crippen LogP contribution in [0.25, 0.3) is 0 Å². The molecule has 0 bridgehead atoms. The highest BCUT2D eigenvalue weighted by Gasteiger charge is 2.20. The minimum absolute atomic E-state index is 0.0880. The fraction of sp³-hybridized carbons (Fsp3) is 0.500. The Balaban J connectivity index is 3.06. The molecule has 102 valence electrons. The van der Waals surface area contributed by atoms with Gasteiger partial charge in [0.15, 0.2) is 0 Å². The van der Waals surface area contributed by atoms with Crippen molar-refractivity contribution in [3.63, 3.8) is 0 Å². The van der Waals surface area contributed by atoms with Gasteiger partial charge in [-0.15, -0.1) is 0 Å². The Labute approximate surface area is 105 Å². The van der Waals surface area contributed by atoms with Gasteiger partial charge in [0.25, 0.3) is 0 Å². The van der Waals surface area contributed by atoms with Crippen LogP contribution >= 0.6 is 0 Å². The number of carbonyl (C=O) groups is 1. The van der Waals surface area contributed by atoms with Crippen molar-refractivity contribution in [2.45, 2.75) is 31.4 Å². The number of aromatic nitrogens is 1. The Morgan fingerprint density at radius 2 is 2.17 bits per heavy atom. The quantitative estimate of drug-likeness (QED) is 0.670. The van der Waals surface area contributed by atoms with Gasteiger partial charge < -0.3 is 14.8 Å². The maximum atomic E-state index is 11.8. The van der Waals surface area contributed by atoms with Crippen LogP contribution in [0.15, 0.2) is 17.2 Å². The first-order chi connectivity index (χ1) is 8.27. The number of aromatic carboxylic acids is 1. The molecule has 0 amide bonds. The molecule has 1 rings (SSSR count). The van der Waals surface area contributed by atoms with E-state index in [4.69, 9.17) is 10.2 Å². The van der Waals surface area contributed by atoms with Crippen molar-refractivity contribution in [1.29, 1.82) is 0 Å². The molecule has 0 aliphatic rings. The van der Waals surface area contributed by atoms with Crippen LogP contribution in [0.3, 0.4) is 0 Å². The van der Waals surface area contributed by atoms with Gasteiger partial charge in [-0.1, -0.05) is 0 Å². The lowest BCUT2D eigenvalue weighted by atomic mass is 10.4. The monoisotopic (exact) mass is 276 g/mol. The number of nitrogens with zero attached hydrogens (tertiary/aromatic N) is 1. The SMILES string of the molecule is CCn1cc(S(=O)(=O)NC[C@H](C)O)cc1C(=O)O. The Bertz CT molecular complexity index is 532. The van der Waals surface area contributed by atoms with Crippen LogP contribution in [-0.4, -0.2) is 41.8 Å². The minimum atomic E-state index is -3.79. The number of hydrogen-bond acceptors (Lipinski definition) is 4. The lowest BCUT2D eigenvalue weighted by Crippen LogP contribution is -2.30. The predicted molar refractivity (Wildman–Crippen MR) is 63.9 cm³/mol. The molecule has 0 spiro atoms. The molecule has 0 aliphatic carbocycles. The van der Waals surface area contributed by atoms with Gasteiger partial charge in [-0.05, 0) is 19.9 Å². The largest absolute Gasteiger partial charge is 0.477 e. The van der Waals surface area contributed by atoms with Gasteiger partial charge in [-0.2, -0.15) is 0 Å². The number of carboxylic acids is 1. The van der Waals surface area contributed by atoms with E-state index in [2.05, 4.69) is 4.72 Å². The van der Waals surface area contributed by atoms with Crippen LogP contribution in [0, 0.1) is 0 Å². The normalized spacial score (nSPS) is 13.5. The van der Waals surface area contributed by atoms with Crippen molar-refractivity contribution in [2.24, 2.45) is 0 Å². The van der Waals surface area contributed by atoms with Gasteiger partial charge >= 0.3 is 5.97 Å². The topological polar surface area (TPSA) is 109 Å². The average molecular weight is 276 g/mol. The summed E-state index contributed by atoms with van der Waals surface area (Å²) in [5.41, 5.74) is -0.0880. The Kier molecular flexibility index (Phi) is 4.49. The molecule has 0 aliphatic heterocycles. The summed E-state index contributed by atoms with van der Waals surface area (Å²) in [6, 6.07) is 1.09. The van der Waals surface area contributed by atoms with E-state index < -0.39 is 22.1 Å². The number of aryl methyl sites for hydroxylation is 1. The highest BCUT2D eigenvalue weighted by atomic mass is 32.2. The van der Waals surface area contributed by atoms with Crippen molar-refractivity contribution in [1.82, 2.24) is 9.29 Å². The first kappa shape index (κ1) is 14.7. The van der Waals surface area contributed by atoms with E-state index in [0.717, 1.165) is 6.07 Å². The predicted octanol–water partition coefficient (Wildman–Crippen LogP) is -0.135.